The Labute approximate surface area is 89.6 Å². The Bertz CT molecular complexity index is 496. The lowest BCUT2D eigenvalue weighted by Gasteiger charge is -2.04. The second-order valence-corrected chi connectivity index (χ2v) is 3.67. The van der Waals surface area contributed by atoms with Crippen molar-refractivity contribution < 1.29 is 4.74 Å². The largest absolute Gasteiger partial charge is 0.496 e. The Morgan fingerprint density at radius 2 is 2.27 bits per heavy atom. The molecule has 0 fully saturated rings. The second kappa shape index (κ2) is 3.81. The first-order chi connectivity index (χ1) is 7.26. The fourth-order valence-corrected chi connectivity index (χ4v) is 1.86. The monoisotopic (exact) mass is 201 g/mol. The van der Waals surface area contributed by atoms with Crippen molar-refractivity contribution in [2.45, 2.75) is 13.3 Å². The first-order valence-corrected chi connectivity index (χ1v) is 5.01. The van der Waals surface area contributed by atoms with Crippen LogP contribution in [0.5, 0.6) is 5.75 Å². The van der Waals surface area contributed by atoms with E-state index in [1.165, 1.54) is 10.9 Å². The van der Waals surface area contributed by atoms with Gasteiger partial charge in [-0.05, 0) is 36.6 Å². The maximum absolute atomic E-state index is 5.32. The molecule has 0 unspecified atom stereocenters. The summed E-state index contributed by atoms with van der Waals surface area (Å²) in [5.74, 6) is 0.937. The van der Waals surface area contributed by atoms with Crippen molar-refractivity contribution in [2.24, 2.45) is 0 Å². The molecule has 0 amide bonds. The van der Waals surface area contributed by atoms with Crippen LogP contribution in [0.25, 0.3) is 10.9 Å². The SMILES string of the molecule is C=CCc1c[nH]c2cc(C)c(OC)cc12. The number of fused-ring (bicyclic) bond motifs is 1. The van der Waals surface area contributed by atoms with Crippen LogP contribution < -0.4 is 4.74 Å². The van der Waals surface area contributed by atoms with Gasteiger partial charge >= 0.3 is 0 Å². The smallest absolute Gasteiger partial charge is 0.122 e. The van der Waals surface area contributed by atoms with E-state index < -0.39 is 0 Å². The average Bonchev–Trinajstić information content (AvgIpc) is 2.60. The number of ether oxygens (including phenoxy) is 1. The predicted molar refractivity (Wildman–Crippen MR) is 63.5 cm³/mol. The summed E-state index contributed by atoms with van der Waals surface area (Å²) in [7, 11) is 1.70. The third-order valence-corrected chi connectivity index (χ3v) is 2.65. The van der Waals surface area contributed by atoms with Crippen molar-refractivity contribution in [1.29, 1.82) is 0 Å². The standard InChI is InChI=1S/C13H15NO/c1-4-5-10-8-14-12-6-9(2)13(15-3)7-11(10)12/h4,6-8,14H,1,5H2,2-3H3. The van der Waals surface area contributed by atoms with Gasteiger partial charge in [0.1, 0.15) is 5.75 Å². The molecule has 2 nitrogen and oxygen atoms in total. The van der Waals surface area contributed by atoms with Gasteiger partial charge in [-0.15, -0.1) is 6.58 Å². The topological polar surface area (TPSA) is 25.0 Å². The van der Waals surface area contributed by atoms with Crippen LogP contribution in [0, 0.1) is 6.92 Å². The van der Waals surface area contributed by atoms with Crippen LogP contribution >= 0.6 is 0 Å². The van der Waals surface area contributed by atoms with Crippen molar-refractivity contribution in [3.05, 3.63) is 42.1 Å². The molecule has 0 radical (unpaired) electrons. The van der Waals surface area contributed by atoms with E-state index in [0.717, 1.165) is 23.3 Å². The van der Waals surface area contributed by atoms with E-state index >= 15 is 0 Å². The Balaban J connectivity index is 2.63. The van der Waals surface area contributed by atoms with Crippen molar-refractivity contribution >= 4 is 10.9 Å². The molecule has 0 atom stereocenters. The van der Waals surface area contributed by atoms with Gasteiger partial charge in [0, 0.05) is 17.1 Å². The number of nitrogens with one attached hydrogen (secondary N) is 1. The van der Waals surface area contributed by atoms with Gasteiger partial charge in [-0.2, -0.15) is 0 Å². The molecule has 15 heavy (non-hydrogen) atoms. The zero-order valence-electron chi connectivity index (χ0n) is 9.13. The first kappa shape index (κ1) is 9.84. The van der Waals surface area contributed by atoms with E-state index in [9.17, 15) is 0 Å². The number of aryl methyl sites for hydroxylation is 1. The van der Waals surface area contributed by atoms with E-state index in [4.69, 9.17) is 4.74 Å². The molecule has 0 bridgehead atoms. The molecule has 2 heteroatoms. The lowest BCUT2D eigenvalue weighted by Crippen LogP contribution is -1.87. The van der Waals surface area contributed by atoms with Crippen LogP contribution in [0.1, 0.15) is 11.1 Å². The number of hydrogen-bond donors (Lipinski definition) is 1. The molecule has 0 aliphatic heterocycles. The molecule has 0 saturated heterocycles. The molecule has 1 heterocycles. The van der Waals surface area contributed by atoms with Gasteiger partial charge in [0.2, 0.25) is 0 Å². The Morgan fingerprint density at radius 1 is 1.47 bits per heavy atom. The van der Waals surface area contributed by atoms with Gasteiger partial charge in [-0.25, -0.2) is 0 Å². The molecular formula is C13H15NO. The highest BCUT2D eigenvalue weighted by Crippen LogP contribution is 2.27. The van der Waals surface area contributed by atoms with Gasteiger partial charge in [-0.1, -0.05) is 6.08 Å². The maximum Gasteiger partial charge on any atom is 0.122 e. The highest BCUT2D eigenvalue weighted by molar-refractivity contribution is 5.85. The third kappa shape index (κ3) is 1.63. The number of hydrogen-bond acceptors (Lipinski definition) is 1. The van der Waals surface area contributed by atoms with Crippen LogP contribution in [0.2, 0.25) is 0 Å². The highest BCUT2D eigenvalue weighted by atomic mass is 16.5. The van der Waals surface area contributed by atoms with Crippen molar-refractivity contribution in [3.8, 4) is 5.75 Å². The Kier molecular flexibility index (Phi) is 2.50. The van der Waals surface area contributed by atoms with Crippen molar-refractivity contribution in [1.82, 2.24) is 4.98 Å². The number of aromatic nitrogens is 1. The molecule has 0 aliphatic rings. The average molecular weight is 201 g/mol. The van der Waals surface area contributed by atoms with E-state index in [0.29, 0.717) is 0 Å². The maximum atomic E-state index is 5.32. The fraction of sp³-hybridized carbons (Fsp3) is 0.231. The van der Waals surface area contributed by atoms with E-state index in [1.807, 2.05) is 19.2 Å². The molecule has 0 saturated carbocycles. The van der Waals surface area contributed by atoms with Gasteiger partial charge in [-0.3, -0.25) is 0 Å². The molecule has 1 aromatic heterocycles. The van der Waals surface area contributed by atoms with Crippen LogP contribution in [-0.2, 0) is 6.42 Å². The third-order valence-electron chi connectivity index (χ3n) is 2.65. The van der Waals surface area contributed by atoms with Crippen LogP contribution in [-0.4, -0.2) is 12.1 Å². The molecule has 2 rings (SSSR count). The Morgan fingerprint density at radius 3 is 2.93 bits per heavy atom. The summed E-state index contributed by atoms with van der Waals surface area (Å²) < 4.78 is 5.32. The molecular weight excluding hydrogens is 186 g/mol. The van der Waals surface area contributed by atoms with Gasteiger partial charge in [0.15, 0.2) is 0 Å². The van der Waals surface area contributed by atoms with Crippen molar-refractivity contribution in [3.63, 3.8) is 0 Å². The van der Waals surface area contributed by atoms with E-state index in [2.05, 4.69) is 23.7 Å². The van der Waals surface area contributed by atoms with Crippen LogP contribution in [0.15, 0.2) is 31.0 Å². The molecule has 0 spiro atoms. The summed E-state index contributed by atoms with van der Waals surface area (Å²) in [4.78, 5) is 3.26. The van der Waals surface area contributed by atoms with Gasteiger partial charge in [0.05, 0.1) is 7.11 Å². The highest BCUT2D eigenvalue weighted by Gasteiger charge is 2.06. The van der Waals surface area contributed by atoms with Crippen LogP contribution in [0.3, 0.4) is 0 Å². The minimum Gasteiger partial charge on any atom is -0.496 e. The lowest BCUT2D eigenvalue weighted by atomic mass is 10.1. The summed E-state index contributed by atoms with van der Waals surface area (Å²) in [6.07, 6.45) is 4.83. The zero-order chi connectivity index (χ0) is 10.8. The number of aromatic amines is 1. The minimum atomic E-state index is 0.881. The number of allylic oxidation sites excluding steroid dienone is 1. The molecule has 78 valence electrons. The summed E-state index contributed by atoms with van der Waals surface area (Å²) in [5.41, 5.74) is 3.57. The van der Waals surface area contributed by atoms with E-state index in [-0.39, 0.29) is 0 Å². The van der Waals surface area contributed by atoms with Crippen LogP contribution in [0.4, 0.5) is 0 Å². The van der Waals surface area contributed by atoms with Gasteiger partial charge < -0.3 is 9.72 Å². The summed E-state index contributed by atoms with van der Waals surface area (Å²) >= 11 is 0. The lowest BCUT2D eigenvalue weighted by molar-refractivity contribution is 0.412. The normalized spacial score (nSPS) is 10.5. The van der Waals surface area contributed by atoms with Gasteiger partial charge in [0.25, 0.3) is 0 Å². The number of methoxy groups -OCH3 is 1. The second-order valence-electron chi connectivity index (χ2n) is 3.67. The molecule has 2 aromatic rings. The number of rotatable bonds is 3. The molecule has 0 aliphatic carbocycles. The molecule has 1 N–H and O–H groups in total. The first-order valence-electron chi connectivity index (χ1n) is 5.01. The summed E-state index contributed by atoms with van der Waals surface area (Å²) in [6, 6.07) is 4.20. The number of benzene rings is 1. The summed E-state index contributed by atoms with van der Waals surface area (Å²) in [6.45, 7) is 5.81. The Hall–Kier alpha value is -1.70. The quantitative estimate of drug-likeness (QED) is 0.758. The summed E-state index contributed by atoms with van der Waals surface area (Å²) in [5, 5.41) is 1.22. The number of H-pyrrole nitrogens is 1. The van der Waals surface area contributed by atoms with Crippen molar-refractivity contribution in [2.75, 3.05) is 7.11 Å². The fourth-order valence-electron chi connectivity index (χ4n) is 1.86. The zero-order valence-corrected chi connectivity index (χ0v) is 9.13. The molecule has 1 aromatic carbocycles. The minimum absolute atomic E-state index is 0.881. The predicted octanol–water partition coefficient (Wildman–Crippen LogP) is 3.21. The van der Waals surface area contributed by atoms with E-state index in [1.54, 1.807) is 7.11 Å².